The van der Waals surface area contributed by atoms with Crippen LogP contribution < -0.4 is 5.32 Å². The standard InChI is InChI=1S/C20H13Cl3N6OS/c21-14-6-5-13(9-15(14)22)29-19(12-3-1-7-24-10-12)27-28-20(29)31-11-17(30)26-16-4-2-8-25-18(16)23/h1-10H,11H2,(H,26,30). The van der Waals surface area contributed by atoms with Crippen molar-refractivity contribution in [3.63, 3.8) is 0 Å². The van der Waals surface area contributed by atoms with Gasteiger partial charge in [-0.3, -0.25) is 14.3 Å². The maximum absolute atomic E-state index is 12.4. The van der Waals surface area contributed by atoms with Gasteiger partial charge in [-0.1, -0.05) is 46.6 Å². The van der Waals surface area contributed by atoms with E-state index in [2.05, 4.69) is 25.5 Å². The van der Waals surface area contributed by atoms with Crippen molar-refractivity contribution in [3.8, 4) is 17.1 Å². The second kappa shape index (κ2) is 9.65. The Balaban J connectivity index is 1.63. The number of aromatic nitrogens is 5. The van der Waals surface area contributed by atoms with Gasteiger partial charge in [0.2, 0.25) is 5.91 Å². The molecule has 1 aromatic carbocycles. The summed E-state index contributed by atoms with van der Waals surface area (Å²) in [5.41, 5.74) is 1.91. The number of nitrogens with zero attached hydrogens (tertiary/aromatic N) is 5. The zero-order valence-electron chi connectivity index (χ0n) is 15.7. The van der Waals surface area contributed by atoms with E-state index < -0.39 is 0 Å². The van der Waals surface area contributed by atoms with E-state index in [-0.39, 0.29) is 16.8 Å². The maximum atomic E-state index is 12.4. The molecule has 1 amide bonds. The van der Waals surface area contributed by atoms with E-state index in [1.54, 1.807) is 59.6 Å². The topological polar surface area (TPSA) is 85.6 Å². The number of rotatable bonds is 6. The average Bonchev–Trinajstić information content (AvgIpc) is 3.20. The predicted octanol–water partition coefficient (Wildman–Crippen LogP) is 5.42. The van der Waals surface area contributed by atoms with Gasteiger partial charge in [-0.2, -0.15) is 0 Å². The number of halogens is 3. The van der Waals surface area contributed by atoms with E-state index in [1.807, 2.05) is 6.07 Å². The van der Waals surface area contributed by atoms with E-state index >= 15 is 0 Å². The number of hydrogen-bond donors (Lipinski definition) is 1. The average molecular weight is 492 g/mol. The van der Waals surface area contributed by atoms with Crippen molar-refractivity contribution in [3.05, 3.63) is 76.3 Å². The molecule has 0 aliphatic rings. The minimum Gasteiger partial charge on any atom is -0.323 e. The second-order valence-electron chi connectivity index (χ2n) is 6.16. The van der Waals surface area contributed by atoms with Crippen LogP contribution in [-0.2, 0) is 4.79 Å². The Morgan fingerprint density at radius 1 is 1.03 bits per heavy atom. The highest BCUT2D eigenvalue weighted by Gasteiger charge is 2.18. The first-order valence-electron chi connectivity index (χ1n) is 8.87. The lowest BCUT2D eigenvalue weighted by Crippen LogP contribution is -2.15. The molecule has 0 unspecified atom stereocenters. The Kier molecular flexibility index (Phi) is 6.72. The van der Waals surface area contributed by atoms with Crippen LogP contribution in [0.2, 0.25) is 15.2 Å². The molecule has 0 bridgehead atoms. The lowest BCUT2D eigenvalue weighted by Gasteiger charge is -2.11. The number of hydrogen-bond acceptors (Lipinski definition) is 6. The van der Waals surface area contributed by atoms with Crippen molar-refractivity contribution in [1.29, 1.82) is 0 Å². The van der Waals surface area contributed by atoms with Crippen molar-refractivity contribution in [2.45, 2.75) is 5.16 Å². The van der Waals surface area contributed by atoms with Crippen LogP contribution in [0.1, 0.15) is 0 Å². The molecule has 0 aliphatic carbocycles. The largest absolute Gasteiger partial charge is 0.323 e. The van der Waals surface area contributed by atoms with Crippen LogP contribution in [0, 0.1) is 0 Å². The summed E-state index contributed by atoms with van der Waals surface area (Å²) in [5.74, 6) is 0.383. The molecule has 0 atom stereocenters. The van der Waals surface area contributed by atoms with Crippen LogP contribution in [-0.4, -0.2) is 36.4 Å². The first-order valence-corrected chi connectivity index (χ1v) is 11.0. The van der Waals surface area contributed by atoms with Crippen LogP contribution in [0.3, 0.4) is 0 Å². The van der Waals surface area contributed by atoms with Crippen LogP contribution in [0.4, 0.5) is 5.69 Å². The Hall–Kier alpha value is -2.65. The highest BCUT2D eigenvalue weighted by Crippen LogP contribution is 2.31. The lowest BCUT2D eigenvalue weighted by molar-refractivity contribution is -0.113. The number of amides is 1. The fourth-order valence-corrected chi connectivity index (χ4v) is 3.91. The van der Waals surface area contributed by atoms with E-state index in [0.717, 1.165) is 5.56 Å². The number of carbonyl (C=O) groups is 1. The van der Waals surface area contributed by atoms with Gasteiger partial charge >= 0.3 is 0 Å². The summed E-state index contributed by atoms with van der Waals surface area (Å²) in [4.78, 5) is 20.5. The molecule has 0 saturated heterocycles. The van der Waals surface area contributed by atoms with Crippen molar-refractivity contribution < 1.29 is 4.79 Å². The van der Waals surface area contributed by atoms with Gasteiger partial charge in [0.15, 0.2) is 16.1 Å². The van der Waals surface area contributed by atoms with Crippen molar-refractivity contribution in [1.82, 2.24) is 24.7 Å². The van der Waals surface area contributed by atoms with Gasteiger partial charge in [0, 0.05) is 24.2 Å². The summed E-state index contributed by atoms with van der Waals surface area (Å²) in [6.45, 7) is 0. The molecule has 0 saturated carbocycles. The first kappa shape index (κ1) is 21.6. The molecular formula is C20H13Cl3N6OS. The van der Waals surface area contributed by atoms with E-state index in [1.165, 1.54) is 11.8 Å². The third-order valence-electron chi connectivity index (χ3n) is 4.08. The van der Waals surface area contributed by atoms with Crippen LogP contribution in [0.15, 0.2) is 66.2 Å². The van der Waals surface area contributed by atoms with E-state index in [9.17, 15) is 4.79 Å². The minimum atomic E-state index is -0.258. The zero-order valence-corrected chi connectivity index (χ0v) is 18.8. The van der Waals surface area contributed by atoms with Crippen LogP contribution in [0.5, 0.6) is 0 Å². The molecule has 4 aromatic rings. The summed E-state index contributed by atoms with van der Waals surface area (Å²) in [6, 6.07) is 12.3. The van der Waals surface area contributed by atoms with E-state index in [0.29, 0.717) is 32.4 Å². The molecular weight excluding hydrogens is 479 g/mol. The number of thioether (sulfide) groups is 1. The number of pyridine rings is 2. The molecule has 156 valence electrons. The molecule has 31 heavy (non-hydrogen) atoms. The predicted molar refractivity (Wildman–Crippen MR) is 123 cm³/mol. The summed E-state index contributed by atoms with van der Waals surface area (Å²) in [7, 11) is 0. The van der Waals surface area contributed by atoms with Gasteiger partial charge in [0.1, 0.15) is 0 Å². The number of nitrogens with one attached hydrogen (secondary N) is 1. The molecule has 11 heteroatoms. The van der Waals surface area contributed by atoms with Crippen molar-refractivity contribution in [2.75, 3.05) is 11.1 Å². The van der Waals surface area contributed by atoms with Gasteiger partial charge in [-0.05, 0) is 42.5 Å². The van der Waals surface area contributed by atoms with Crippen molar-refractivity contribution in [2.24, 2.45) is 0 Å². The molecule has 0 radical (unpaired) electrons. The fraction of sp³-hybridized carbons (Fsp3) is 0.0500. The number of anilines is 1. The SMILES string of the molecule is O=C(CSc1nnc(-c2cccnc2)n1-c1ccc(Cl)c(Cl)c1)Nc1cccnc1Cl. The smallest absolute Gasteiger partial charge is 0.234 e. The number of benzene rings is 1. The van der Waals surface area contributed by atoms with E-state index in [4.69, 9.17) is 34.8 Å². The third kappa shape index (κ3) is 4.99. The Morgan fingerprint density at radius 2 is 1.87 bits per heavy atom. The van der Waals surface area contributed by atoms with Crippen LogP contribution in [0.25, 0.3) is 17.1 Å². The third-order valence-corrected chi connectivity index (χ3v) is 6.05. The Morgan fingerprint density at radius 3 is 2.61 bits per heavy atom. The summed E-state index contributed by atoms with van der Waals surface area (Å²) in [6.07, 6.45) is 4.91. The number of carbonyl (C=O) groups excluding carboxylic acids is 1. The Labute approximate surface area is 196 Å². The quantitative estimate of drug-likeness (QED) is 0.286. The molecule has 3 aromatic heterocycles. The van der Waals surface area contributed by atoms with Gasteiger partial charge in [-0.25, -0.2) is 4.98 Å². The first-order chi connectivity index (χ1) is 15.0. The maximum Gasteiger partial charge on any atom is 0.234 e. The zero-order chi connectivity index (χ0) is 21.8. The molecule has 7 nitrogen and oxygen atoms in total. The van der Waals surface area contributed by atoms with Gasteiger partial charge in [0.05, 0.1) is 27.2 Å². The Bertz CT molecular complexity index is 1230. The molecule has 0 aliphatic heterocycles. The molecule has 0 fully saturated rings. The normalized spacial score (nSPS) is 10.8. The van der Waals surface area contributed by atoms with Crippen molar-refractivity contribution >= 4 is 58.2 Å². The summed E-state index contributed by atoms with van der Waals surface area (Å²) < 4.78 is 1.80. The van der Waals surface area contributed by atoms with Gasteiger partial charge in [-0.15, -0.1) is 10.2 Å². The summed E-state index contributed by atoms with van der Waals surface area (Å²) >= 11 is 19.5. The fourth-order valence-electron chi connectivity index (χ4n) is 2.70. The second-order valence-corrected chi connectivity index (χ2v) is 8.28. The molecule has 0 spiro atoms. The molecule has 3 heterocycles. The van der Waals surface area contributed by atoms with Gasteiger partial charge in [0.25, 0.3) is 0 Å². The molecule has 4 rings (SSSR count). The van der Waals surface area contributed by atoms with Gasteiger partial charge < -0.3 is 5.32 Å². The van der Waals surface area contributed by atoms with Crippen LogP contribution >= 0.6 is 46.6 Å². The monoisotopic (exact) mass is 490 g/mol. The highest BCUT2D eigenvalue weighted by molar-refractivity contribution is 7.99. The summed E-state index contributed by atoms with van der Waals surface area (Å²) in [5, 5.41) is 12.9. The molecule has 1 N–H and O–H groups in total. The minimum absolute atomic E-state index is 0.0811. The lowest BCUT2D eigenvalue weighted by atomic mass is 10.2. The highest BCUT2D eigenvalue weighted by atomic mass is 35.5.